The molecule has 4 atom stereocenters. The molecule has 0 unspecified atom stereocenters. The Morgan fingerprint density at radius 3 is 1.33 bits per heavy atom. The van der Waals surface area contributed by atoms with E-state index in [4.69, 9.17) is 18.3 Å². The van der Waals surface area contributed by atoms with Gasteiger partial charge >= 0.3 is 0 Å². The predicted octanol–water partition coefficient (Wildman–Crippen LogP) is 7.04. The van der Waals surface area contributed by atoms with Crippen molar-refractivity contribution in [3.05, 3.63) is 71.8 Å². The Balaban J connectivity index is 2.14. The van der Waals surface area contributed by atoms with E-state index in [2.05, 4.69) is 97.3 Å². The third kappa shape index (κ3) is 10.8. The molecule has 0 bridgehead atoms. The van der Waals surface area contributed by atoms with Crippen LogP contribution in [0, 0.1) is 0 Å². The molecule has 0 heterocycles. The summed E-state index contributed by atoms with van der Waals surface area (Å²) in [5, 5.41) is 23.6. The quantitative estimate of drug-likeness (QED) is 0.148. The van der Waals surface area contributed by atoms with E-state index in [9.17, 15) is 10.2 Å². The molecule has 2 aromatic carbocycles. The third-order valence-electron chi connectivity index (χ3n) is 10.1. The summed E-state index contributed by atoms with van der Waals surface area (Å²) in [6.45, 7) is 23.2. The summed E-state index contributed by atoms with van der Waals surface area (Å²) in [7, 11) is -4.52. The third-order valence-corrected chi connectivity index (χ3v) is 19.1. The predicted molar refractivity (Wildman–Crippen MR) is 188 cm³/mol. The minimum Gasteiger partial charge on any atom is -0.411 e. The molecule has 0 radical (unpaired) electrons. The van der Waals surface area contributed by atoms with Crippen molar-refractivity contribution in [2.24, 2.45) is 0 Å². The molecule has 9 heteroatoms. The average Bonchev–Trinajstić information content (AvgIpc) is 3.08. The Kier molecular flexibility index (Phi) is 13.6. The molecule has 1 saturated carbocycles. The molecule has 0 aromatic heterocycles. The van der Waals surface area contributed by atoms with Crippen LogP contribution in [-0.2, 0) is 31.5 Å². The Labute approximate surface area is 275 Å². The second-order valence-electron chi connectivity index (χ2n) is 15.8. The van der Waals surface area contributed by atoms with Crippen LogP contribution in [0.15, 0.2) is 60.7 Å². The molecule has 1 fully saturated rings. The first-order valence-electron chi connectivity index (χ1n) is 16.6. The molecule has 0 amide bonds. The summed E-state index contributed by atoms with van der Waals surface area (Å²) >= 11 is 0. The lowest BCUT2D eigenvalue weighted by Gasteiger charge is -2.44. The van der Waals surface area contributed by atoms with Gasteiger partial charge in [0.15, 0.2) is 16.6 Å². The molecule has 0 aliphatic heterocycles. The number of rotatable bonds is 14. The first-order valence-corrected chi connectivity index (χ1v) is 22.4. The van der Waals surface area contributed by atoms with E-state index in [-0.39, 0.29) is 41.5 Å². The van der Waals surface area contributed by atoms with Gasteiger partial charge in [-0.1, -0.05) is 102 Å². The number of aliphatic hydroxyl groups excluding tert-OH is 2. The highest BCUT2D eigenvalue weighted by Crippen LogP contribution is 2.43. The Morgan fingerprint density at radius 2 is 1.02 bits per heavy atom. The molecule has 254 valence electrons. The van der Waals surface area contributed by atoms with E-state index in [0.717, 1.165) is 11.1 Å². The number of nitrogens with one attached hydrogen (secondary N) is 1. The van der Waals surface area contributed by atoms with Gasteiger partial charge in [0, 0.05) is 6.04 Å². The monoisotopic (exact) mass is 659 g/mol. The molecule has 1 aliphatic rings. The van der Waals surface area contributed by atoms with Crippen LogP contribution in [0.2, 0.25) is 36.3 Å². The van der Waals surface area contributed by atoms with Crippen molar-refractivity contribution < 1.29 is 28.5 Å². The second-order valence-corrected chi connectivity index (χ2v) is 25.3. The van der Waals surface area contributed by atoms with Crippen molar-refractivity contribution >= 4 is 16.6 Å². The van der Waals surface area contributed by atoms with Gasteiger partial charge in [-0.3, -0.25) is 0 Å². The maximum atomic E-state index is 10.0. The summed E-state index contributed by atoms with van der Waals surface area (Å²) < 4.78 is 28.4. The summed E-state index contributed by atoms with van der Waals surface area (Å²) in [4.78, 5) is 0. The summed E-state index contributed by atoms with van der Waals surface area (Å²) in [5.74, 6) is 0. The van der Waals surface area contributed by atoms with Gasteiger partial charge in [-0.2, -0.15) is 0 Å². The maximum Gasteiger partial charge on any atom is 0.192 e. The van der Waals surface area contributed by atoms with Gasteiger partial charge in [0.2, 0.25) is 0 Å². The molecule has 1 aliphatic carbocycles. The van der Waals surface area contributed by atoms with E-state index in [1.807, 2.05) is 36.4 Å². The summed E-state index contributed by atoms with van der Waals surface area (Å²) in [5.41, 5.74) is 2.18. The Hall–Kier alpha value is -1.41. The molecule has 3 rings (SSSR count). The standard InChI is InChI=1S/C36H61NO6Si2/c1-35(2,3)44(7,8)42-31-21-29(37-30(23-38)24-39)22-32(43-45(9,10)36(4,5)6)34(41-26-28-19-15-12-16-20-28)33(31)40-25-27-17-13-11-14-18-27/h11-20,29-34,37-39H,21-26H2,1-10H3/t31-,32-,33+,34+/m0/s1. The molecule has 3 N–H and O–H groups in total. The highest BCUT2D eigenvalue weighted by Gasteiger charge is 2.50. The zero-order valence-corrected chi connectivity index (χ0v) is 31.5. The minimum atomic E-state index is -2.26. The fourth-order valence-electron chi connectivity index (χ4n) is 5.26. The fraction of sp³-hybridized carbons (Fsp3) is 0.667. The molecule has 45 heavy (non-hydrogen) atoms. The van der Waals surface area contributed by atoms with Gasteiger partial charge in [-0.05, 0) is 60.2 Å². The number of aliphatic hydroxyl groups is 2. The van der Waals surface area contributed by atoms with E-state index in [1.54, 1.807) is 0 Å². The maximum absolute atomic E-state index is 10.0. The smallest absolute Gasteiger partial charge is 0.192 e. The topological polar surface area (TPSA) is 89.4 Å². The van der Waals surface area contributed by atoms with E-state index in [1.165, 1.54) is 0 Å². The lowest BCUT2D eigenvalue weighted by molar-refractivity contribution is -0.153. The van der Waals surface area contributed by atoms with Crippen molar-refractivity contribution in [2.75, 3.05) is 13.2 Å². The van der Waals surface area contributed by atoms with Crippen molar-refractivity contribution in [1.82, 2.24) is 5.32 Å². The van der Waals surface area contributed by atoms with Crippen LogP contribution < -0.4 is 5.32 Å². The first kappa shape index (κ1) is 38.0. The van der Waals surface area contributed by atoms with E-state index >= 15 is 0 Å². The van der Waals surface area contributed by atoms with Crippen molar-refractivity contribution in [3.8, 4) is 0 Å². The molecule has 0 saturated heterocycles. The second kappa shape index (κ2) is 16.1. The van der Waals surface area contributed by atoms with Crippen LogP contribution in [0.25, 0.3) is 0 Å². The lowest BCUT2D eigenvalue weighted by atomic mass is 10.0. The van der Waals surface area contributed by atoms with Gasteiger partial charge in [-0.15, -0.1) is 0 Å². The number of hydrogen-bond acceptors (Lipinski definition) is 7. The SMILES string of the molecule is CC(C)(C)[Si](C)(C)O[C@H]1CC(NC(CO)CO)C[C@H](O[Si](C)(C)C(C)(C)C)[C@@H](OCc2ccccc2)[C@@H]1OCc1ccccc1. The largest absolute Gasteiger partial charge is 0.411 e. The molecule has 0 spiro atoms. The zero-order chi connectivity index (χ0) is 33.5. The number of hydrogen-bond donors (Lipinski definition) is 3. The average molecular weight is 660 g/mol. The normalized spacial score (nSPS) is 22.5. The van der Waals surface area contributed by atoms with Crippen LogP contribution in [0.3, 0.4) is 0 Å². The van der Waals surface area contributed by atoms with Gasteiger partial charge < -0.3 is 33.9 Å². The molecular weight excluding hydrogens is 599 g/mol. The van der Waals surface area contributed by atoms with Gasteiger partial charge in [0.25, 0.3) is 0 Å². The van der Waals surface area contributed by atoms with Gasteiger partial charge in [0.1, 0.15) is 12.2 Å². The first-order chi connectivity index (χ1) is 21.0. The van der Waals surface area contributed by atoms with Crippen LogP contribution in [0.5, 0.6) is 0 Å². The number of benzene rings is 2. The zero-order valence-electron chi connectivity index (χ0n) is 29.5. The van der Waals surface area contributed by atoms with Crippen LogP contribution >= 0.6 is 0 Å². The Bertz CT molecular complexity index is 1050. The summed E-state index contributed by atoms with van der Waals surface area (Å²) in [6.07, 6.45) is -0.119. The highest BCUT2D eigenvalue weighted by atomic mass is 28.4. The Morgan fingerprint density at radius 1 is 0.667 bits per heavy atom. The van der Waals surface area contributed by atoms with E-state index in [0.29, 0.717) is 26.1 Å². The summed E-state index contributed by atoms with van der Waals surface area (Å²) in [6, 6.07) is 20.0. The molecule has 7 nitrogen and oxygen atoms in total. The number of ether oxygens (including phenoxy) is 2. The highest BCUT2D eigenvalue weighted by molar-refractivity contribution is 6.74. The minimum absolute atomic E-state index is 0.0115. The van der Waals surface area contributed by atoms with Crippen LogP contribution in [-0.4, -0.2) is 76.6 Å². The molecular formula is C36H61NO6Si2. The molecule has 2 aromatic rings. The van der Waals surface area contributed by atoms with Gasteiger partial charge in [0.05, 0.1) is 44.7 Å². The van der Waals surface area contributed by atoms with Crippen LogP contribution in [0.1, 0.15) is 65.5 Å². The van der Waals surface area contributed by atoms with Crippen molar-refractivity contribution in [1.29, 1.82) is 0 Å². The fourth-order valence-corrected chi connectivity index (χ4v) is 7.94. The van der Waals surface area contributed by atoms with Crippen molar-refractivity contribution in [3.63, 3.8) is 0 Å². The van der Waals surface area contributed by atoms with Crippen molar-refractivity contribution in [2.45, 2.75) is 140 Å². The lowest BCUT2D eigenvalue weighted by Crippen LogP contribution is -2.55. The van der Waals surface area contributed by atoms with Gasteiger partial charge in [-0.25, -0.2) is 0 Å². The van der Waals surface area contributed by atoms with Crippen LogP contribution in [0.4, 0.5) is 0 Å². The van der Waals surface area contributed by atoms with E-state index < -0.39 is 34.9 Å².